The zero-order chi connectivity index (χ0) is 13.4. The molecule has 0 fully saturated rings. The van der Waals surface area contributed by atoms with Gasteiger partial charge < -0.3 is 9.97 Å². The molecule has 0 spiro atoms. The molecule has 1 aromatic carbocycles. The van der Waals surface area contributed by atoms with E-state index < -0.39 is 11.7 Å². The predicted octanol–water partition coefficient (Wildman–Crippen LogP) is 3.12. The molecule has 1 aromatic rings. The van der Waals surface area contributed by atoms with Crippen LogP contribution in [0.3, 0.4) is 0 Å². The van der Waals surface area contributed by atoms with Gasteiger partial charge in [0.25, 0.3) is 0 Å². The molecule has 18 heavy (non-hydrogen) atoms. The van der Waals surface area contributed by atoms with E-state index in [1.54, 1.807) is 0 Å². The Labute approximate surface area is 106 Å². The van der Waals surface area contributed by atoms with Gasteiger partial charge in [0.05, 0.1) is 5.56 Å². The first-order chi connectivity index (χ1) is 8.55. The van der Waals surface area contributed by atoms with E-state index in [0.717, 1.165) is 19.0 Å². The minimum atomic E-state index is -4.38. The molecule has 0 saturated carbocycles. The maximum atomic E-state index is 12.6. The van der Waals surface area contributed by atoms with Crippen molar-refractivity contribution >= 4 is 7.48 Å². The predicted molar refractivity (Wildman–Crippen MR) is 65.8 cm³/mol. The van der Waals surface area contributed by atoms with Gasteiger partial charge in [-0.15, -0.1) is 0 Å². The average Bonchev–Trinajstić information content (AvgIpc) is 2.33. The van der Waals surface area contributed by atoms with Crippen LogP contribution in [0.1, 0.15) is 18.9 Å². The summed E-state index contributed by atoms with van der Waals surface area (Å²) in [5.74, 6) is -0.152. The highest BCUT2D eigenvalue weighted by Crippen LogP contribution is 2.35. The van der Waals surface area contributed by atoms with Gasteiger partial charge in [0.1, 0.15) is 5.75 Å². The van der Waals surface area contributed by atoms with Crippen molar-refractivity contribution in [1.82, 2.24) is 5.32 Å². The second kappa shape index (κ2) is 7.31. The van der Waals surface area contributed by atoms with Crippen LogP contribution in [-0.4, -0.2) is 20.6 Å². The van der Waals surface area contributed by atoms with Gasteiger partial charge in [0.15, 0.2) is 0 Å². The van der Waals surface area contributed by atoms with Crippen LogP contribution in [0.15, 0.2) is 24.3 Å². The van der Waals surface area contributed by atoms with E-state index in [-0.39, 0.29) is 5.75 Å². The van der Waals surface area contributed by atoms with E-state index in [1.165, 1.54) is 25.7 Å². The SMILES string of the molecule is CCCNCC[B]Oc1ccccc1C(F)(F)F. The van der Waals surface area contributed by atoms with Crippen LogP contribution in [0, 0.1) is 0 Å². The lowest BCUT2D eigenvalue weighted by molar-refractivity contribution is -0.138. The second-order valence-electron chi connectivity index (χ2n) is 3.82. The smallest absolute Gasteiger partial charge is 0.419 e. The number of hydrogen-bond donors (Lipinski definition) is 1. The summed E-state index contributed by atoms with van der Waals surface area (Å²) >= 11 is 0. The van der Waals surface area contributed by atoms with Gasteiger partial charge >= 0.3 is 13.7 Å². The normalized spacial score (nSPS) is 11.3. The van der Waals surface area contributed by atoms with Crippen LogP contribution >= 0.6 is 0 Å². The van der Waals surface area contributed by atoms with Crippen LogP contribution in [0.25, 0.3) is 0 Å². The number of para-hydroxylation sites is 1. The molecule has 1 N–H and O–H groups in total. The Morgan fingerprint density at radius 1 is 1.22 bits per heavy atom. The molecule has 0 aliphatic rings. The Morgan fingerprint density at radius 3 is 2.61 bits per heavy atom. The molecule has 0 saturated heterocycles. The summed E-state index contributed by atoms with van der Waals surface area (Å²) in [7, 11) is 1.40. The number of rotatable bonds is 7. The highest BCUT2D eigenvalue weighted by atomic mass is 19.4. The van der Waals surface area contributed by atoms with E-state index in [2.05, 4.69) is 5.32 Å². The Hall–Kier alpha value is -1.17. The fourth-order valence-corrected chi connectivity index (χ4v) is 1.42. The molecule has 0 aromatic heterocycles. The first-order valence-electron chi connectivity index (χ1n) is 5.91. The van der Waals surface area contributed by atoms with Gasteiger partial charge in [-0.25, -0.2) is 0 Å². The molecule has 0 atom stereocenters. The molecule has 0 amide bonds. The number of alkyl halides is 3. The summed E-state index contributed by atoms with van der Waals surface area (Å²) in [5.41, 5.74) is -0.747. The van der Waals surface area contributed by atoms with E-state index in [4.69, 9.17) is 4.65 Å². The van der Waals surface area contributed by atoms with Crippen LogP contribution < -0.4 is 9.97 Å². The fraction of sp³-hybridized carbons (Fsp3) is 0.500. The Bertz CT molecular complexity index is 357. The average molecular weight is 258 g/mol. The molecule has 2 nitrogen and oxygen atoms in total. The lowest BCUT2D eigenvalue weighted by Crippen LogP contribution is -2.19. The van der Waals surface area contributed by atoms with E-state index in [0.29, 0.717) is 12.9 Å². The van der Waals surface area contributed by atoms with Crippen molar-refractivity contribution in [1.29, 1.82) is 0 Å². The number of benzene rings is 1. The number of hydrogen-bond acceptors (Lipinski definition) is 2. The third kappa shape index (κ3) is 5.00. The molecule has 0 bridgehead atoms. The molecule has 0 aliphatic carbocycles. The van der Waals surface area contributed by atoms with Crippen molar-refractivity contribution in [2.45, 2.75) is 25.8 Å². The van der Waals surface area contributed by atoms with E-state index in [1.807, 2.05) is 6.92 Å². The van der Waals surface area contributed by atoms with Crippen LogP contribution in [0.2, 0.25) is 6.32 Å². The van der Waals surface area contributed by atoms with Gasteiger partial charge in [0, 0.05) is 0 Å². The van der Waals surface area contributed by atoms with E-state index in [9.17, 15) is 13.2 Å². The van der Waals surface area contributed by atoms with Gasteiger partial charge in [0.2, 0.25) is 0 Å². The van der Waals surface area contributed by atoms with Gasteiger partial charge in [-0.3, -0.25) is 0 Å². The maximum Gasteiger partial charge on any atom is 0.419 e. The summed E-state index contributed by atoms with van der Waals surface area (Å²) < 4.78 is 42.9. The molecule has 0 heterocycles. The minimum Gasteiger partial charge on any atom is -0.563 e. The molecule has 99 valence electrons. The zero-order valence-electron chi connectivity index (χ0n) is 10.3. The fourth-order valence-electron chi connectivity index (χ4n) is 1.42. The molecule has 1 rings (SSSR count). The number of nitrogens with one attached hydrogen (secondary N) is 1. The van der Waals surface area contributed by atoms with Crippen LogP contribution in [-0.2, 0) is 6.18 Å². The quantitative estimate of drug-likeness (QED) is 0.599. The standard InChI is InChI=1S/C12H16BF3NO/c1-2-8-17-9-7-13-18-11-6-4-3-5-10(11)12(14,15)16/h3-6,17H,2,7-9H2,1H3. The lowest BCUT2D eigenvalue weighted by atomic mass is 9.95. The second-order valence-corrected chi connectivity index (χ2v) is 3.82. The first kappa shape index (κ1) is 14.9. The van der Waals surface area contributed by atoms with Crippen molar-refractivity contribution in [2.75, 3.05) is 13.1 Å². The summed E-state index contributed by atoms with van der Waals surface area (Å²) in [5, 5.41) is 3.13. The van der Waals surface area contributed by atoms with Gasteiger partial charge in [-0.1, -0.05) is 19.1 Å². The molecular formula is C12H16BF3NO. The van der Waals surface area contributed by atoms with Crippen molar-refractivity contribution in [3.63, 3.8) is 0 Å². The highest BCUT2D eigenvalue weighted by molar-refractivity contribution is 6.28. The minimum absolute atomic E-state index is 0.152. The highest BCUT2D eigenvalue weighted by Gasteiger charge is 2.33. The molecular weight excluding hydrogens is 242 g/mol. The summed E-state index contributed by atoms with van der Waals surface area (Å²) in [6.07, 6.45) is -2.80. The molecule has 0 unspecified atom stereocenters. The van der Waals surface area contributed by atoms with Gasteiger partial charge in [-0.2, -0.15) is 13.2 Å². The summed E-state index contributed by atoms with van der Waals surface area (Å²) in [6.45, 7) is 3.64. The van der Waals surface area contributed by atoms with Crippen LogP contribution in [0.4, 0.5) is 13.2 Å². The van der Waals surface area contributed by atoms with Gasteiger partial charge in [-0.05, 0) is 38.0 Å². The summed E-state index contributed by atoms with van der Waals surface area (Å²) in [6, 6.07) is 5.20. The lowest BCUT2D eigenvalue weighted by Gasteiger charge is -2.13. The monoisotopic (exact) mass is 258 g/mol. The van der Waals surface area contributed by atoms with Crippen molar-refractivity contribution in [3.05, 3.63) is 29.8 Å². The van der Waals surface area contributed by atoms with Crippen LogP contribution in [0.5, 0.6) is 5.75 Å². The third-order valence-corrected chi connectivity index (χ3v) is 2.27. The maximum absolute atomic E-state index is 12.6. The largest absolute Gasteiger partial charge is 0.563 e. The third-order valence-electron chi connectivity index (χ3n) is 2.27. The molecule has 6 heteroatoms. The molecule has 1 radical (unpaired) electrons. The van der Waals surface area contributed by atoms with Crippen molar-refractivity contribution < 1.29 is 17.8 Å². The molecule has 0 aliphatic heterocycles. The van der Waals surface area contributed by atoms with E-state index >= 15 is 0 Å². The van der Waals surface area contributed by atoms with Crippen molar-refractivity contribution in [2.24, 2.45) is 0 Å². The zero-order valence-corrected chi connectivity index (χ0v) is 10.3. The Kier molecular flexibility index (Phi) is 6.05. The Morgan fingerprint density at radius 2 is 1.94 bits per heavy atom. The topological polar surface area (TPSA) is 21.3 Å². The Balaban J connectivity index is 2.43. The summed E-state index contributed by atoms with van der Waals surface area (Å²) in [4.78, 5) is 0. The number of halogens is 3. The van der Waals surface area contributed by atoms with Crippen molar-refractivity contribution in [3.8, 4) is 5.75 Å². The first-order valence-corrected chi connectivity index (χ1v) is 5.91.